The van der Waals surface area contributed by atoms with Gasteiger partial charge in [0.05, 0.1) is 11.1 Å². The lowest BCUT2D eigenvalue weighted by Gasteiger charge is -2.17. The van der Waals surface area contributed by atoms with Crippen LogP contribution in [-0.4, -0.2) is 37.0 Å². The average Bonchev–Trinajstić information content (AvgIpc) is 3.47. The van der Waals surface area contributed by atoms with E-state index < -0.39 is 0 Å². The molecule has 1 aromatic carbocycles. The van der Waals surface area contributed by atoms with Crippen molar-refractivity contribution in [1.29, 1.82) is 0 Å². The predicted octanol–water partition coefficient (Wildman–Crippen LogP) is 5.27. The number of nitrogens with one attached hydrogen (secondary N) is 1. The molecule has 9 heteroatoms. The summed E-state index contributed by atoms with van der Waals surface area (Å²) < 4.78 is 2.10. The van der Waals surface area contributed by atoms with E-state index in [1.165, 1.54) is 35.5 Å². The molecule has 0 spiro atoms. The first kappa shape index (κ1) is 21.7. The highest BCUT2D eigenvalue weighted by Crippen LogP contribution is 2.44. The van der Waals surface area contributed by atoms with E-state index in [9.17, 15) is 9.59 Å². The van der Waals surface area contributed by atoms with Gasteiger partial charge >= 0.3 is 0 Å². The summed E-state index contributed by atoms with van der Waals surface area (Å²) in [5, 5.41) is 13.9. The van der Waals surface area contributed by atoms with Crippen molar-refractivity contribution in [3.63, 3.8) is 0 Å². The van der Waals surface area contributed by atoms with Crippen LogP contribution in [0.4, 0.5) is 5.69 Å². The van der Waals surface area contributed by atoms with Crippen LogP contribution in [-0.2, 0) is 17.6 Å². The summed E-state index contributed by atoms with van der Waals surface area (Å²) in [4.78, 5) is 31.7. The largest absolute Gasteiger partial charge is 0.325 e. The van der Waals surface area contributed by atoms with Gasteiger partial charge < -0.3 is 5.32 Å². The summed E-state index contributed by atoms with van der Waals surface area (Å²) in [6.07, 6.45) is 5.64. The van der Waals surface area contributed by atoms with Gasteiger partial charge in [0, 0.05) is 22.0 Å². The van der Waals surface area contributed by atoms with Crippen LogP contribution in [0.5, 0.6) is 0 Å². The Labute approximate surface area is 205 Å². The van der Waals surface area contributed by atoms with Crippen LogP contribution < -0.4 is 5.32 Å². The molecule has 0 saturated heterocycles. The number of rotatable bonds is 6. The predicted molar refractivity (Wildman–Crippen MR) is 135 cm³/mol. The van der Waals surface area contributed by atoms with Crippen molar-refractivity contribution in [1.82, 2.24) is 19.6 Å². The van der Waals surface area contributed by atoms with Gasteiger partial charge in [-0.2, -0.15) is 0 Å². The Hall–Kier alpha value is -2.78. The van der Waals surface area contributed by atoms with Gasteiger partial charge in [-0.15, -0.1) is 21.5 Å². The molecule has 174 valence electrons. The van der Waals surface area contributed by atoms with Crippen molar-refractivity contribution in [2.75, 3.05) is 11.1 Å². The molecule has 1 atom stereocenters. The average molecular weight is 492 g/mol. The first-order chi connectivity index (χ1) is 16.5. The molecule has 1 N–H and O–H groups in total. The smallest absolute Gasteiger partial charge is 0.234 e. The Morgan fingerprint density at radius 2 is 1.97 bits per heavy atom. The van der Waals surface area contributed by atoms with Crippen LogP contribution in [0.25, 0.3) is 15.9 Å². The molecular weight excluding hydrogens is 466 g/mol. The molecule has 2 aliphatic rings. The number of thiophene rings is 1. The van der Waals surface area contributed by atoms with E-state index in [1.54, 1.807) is 24.3 Å². The number of benzene rings is 1. The van der Waals surface area contributed by atoms with Gasteiger partial charge in [-0.25, -0.2) is 4.98 Å². The maximum Gasteiger partial charge on any atom is 0.234 e. The summed E-state index contributed by atoms with van der Waals surface area (Å²) in [6.45, 7) is 3.85. The monoisotopic (exact) mass is 491 g/mol. The Morgan fingerprint density at radius 3 is 2.71 bits per heavy atom. The molecule has 1 fully saturated rings. The SMILES string of the molecule is CC(=O)c1ccc(NC(=O)CSc2nnc3c4c5c(sc4nc(C4CC4)n23)C[C@H](C)CC5)cc1. The normalized spacial score (nSPS) is 17.8. The third-order valence-corrected chi connectivity index (χ3v) is 8.72. The second-order valence-electron chi connectivity index (χ2n) is 9.39. The van der Waals surface area contributed by atoms with E-state index in [2.05, 4.69) is 26.8 Å². The van der Waals surface area contributed by atoms with Crippen molar-refractivity contribution in [2.24, 2.45) is 5.92 Å². The van der Waals surface area contributed by atoms with Crippen LogP contribution >= 0.6 is 23.1 Å². The fourth-order valence-corrected chi connectivity index (χ4v) is 6.79. The molecule has 0 bridgehead atoms. The molecular formula is C25H25N5O2S2. The van der Waals surface area contributed by atoms with Crippen molar-refractivity contribution in [2.45, 2.75) is 57.0 Å². The minimum Gasteiger partial charge on any atom is -0.325 e. The van der Waals surface area contributed by atoms with Crippen LogP contribution in [0.2, 0.25) is 0 Å². The van der Waals surface area contributed by atoms with Gasteiger partial charge in [-0.05, 0) is 74.8 Å². The zero-order valence-electron chi connectivity index (χ0n) is 19.1. The summed E-state index contributed by atoms with van der Waals surface area (Å²) in [5.74, 6) is 2.27. The molecule has 1 amide bonds. The lowest BCUT2D eigenvalue weighted by molar-refractivity contribution is -0.113. The standard InChI is InChI=1S/C25H25N5O2S2/c1-13-3-10-18-19(11-13)34-24-21(18)23-28-29-25(30(23)22(27-24)16-4-5-16)33-12-20(32)26-17-8-6-15(7-9-17)14(2)31/h6-9,13,16H,3-5,10-12H2,1-2H3,(H,26,32)/t13-/m1/s1. The van der Waals surface area contributed by atoms with Crippen molar-refractivity contribution in [3.05, 3.63) is 46.1 Å². The number of carbonyl (C=O) groups excluding carboxylic acids is 2. The Bertz CT molecular complexity index is 1440. The summed E-state index contributed by atoms with van der Waals surface area (Å²) in [6, 6.07) is 6.94. The number of aryl methyl sites for hydroxylation is 1. The Morgan fingerprint density at radius 1 is 1.18 bits per heavy atom. The van der Waals surface area contributed by atoms with E-state index in [1.807, 2.05) is 11.3 Å². The van der Waals surface area contributed by atoms with Crippen molar-refractivity contribution < 1.29 is 9.59 Å². The third-order valence-electron chi connectivity index (χ3n) is 6.65. The van der Waals surface area contributed by atoms with Crippen molar-refractivity contribution >= 4 is 56.3 Å². The van der Waals surface area contributed by atoms with E-state index in [0.717, 1.165) is 52.5 Å². The van der Waals surface area contributed by atoms with E-state index in [0.29, 0.717) is 23.1 Å². The number of anilines is 1. The van der Waals surface area contributed by atoms with Gasteiger partial charge in [0.15, 0.2) is 16.6 Å². The molecule has 6 rings (SSSR count). The van der Waals surface area contributed by atoms with Gasteiger partial charge in [0.1, 0.15) is 10.7 Å². The van der Waals surface area contributed by atoms with Gasteiger partial charge in [0.2, 0.25) is 5.91 Å². The topological polar surface area (TPSA) is 89.2 Å². The summed E-state index contributed by atoms with van der Waals surface area (Å²) >= 11 is 3.21. The maximum atomic E-state index is 12.6. The minimum atomic E-state index is -0.124. The second-order valence-corrected chi connectivity index (χ2v) is 11.4. The lowest BCUT2D eigenvalue weighted by Crippen LogP contribution is -2.14. The molecule has 0 aliphatic heterocycles. The molecule has 1 saturated carbocycles. The Kier molecular flexibility index (Phi) is 5.41. The van der Waals surface area contributed by atoms with E-state index in [-0.39, 0.29) is 17.4 Å². The second kappa shape index (κ2) is 8.46. The fourth-order valence-electron chi connectivity index (χ4n) is 4.66. The van der Waals surface area contributed by atoms with Crippen LogP contribution in [0, 0.1) is 5.92 Å². The summed E-state index contributed by atoms with van der Waals surface area (Å²) in [7, 11) is 0. The maximum absolute atomic E-state index is 12.6. The number of nitrogens with zero attached hydrogens (tertiary/aromatic N) is 4. The number of carbonyl (C=O) groups is 2. The first-order valence-electron chi connectivity index (χ1n) is 11.7. The van der Waals surface area contributed by atoms with Gasteiger partial charge in [-0.3, -0.25) is 14.0 Å². The molecule has 2 aliphatic carbocycles. The molecule has 34 heavy (non-hydrogen) atoms. The summed E-state index contributed by atoms with van der Waals surface area (Å²) in [5.41, 5.74) is 3.58. The number of hydrogen-bond acceptors (Lipinski definition) is 7. The number of hydrogen-bond donors (Lipinski definition) is 1. The zero-order valence-corrected chi connectivity index (χ0v) is 20.8. The number of amides is 1. The number of Topliss-reactive ketones (excluding diaryl/α,β-unsaturated/α-hetero) is 1. The highest BCUT2D eigenvalue weighted by Gasteiger charge is 2.32. The first-order valence-corrected chi connectivity index (χ1v) is 13.5. The van der Waals surface area contributed by atoms with Crippen LogP contribution in [0.15, 0.2) is 29.4 Å². The highest BCUT2D eigenvalue weighted by atomic mass is 32.2. The number of fused-ring (bicyclic) bond motifs is 5. The number of thioether (sulfide) groups is 1. The van der Waals surface area contributed by atoms with Crippen LogP contribution in [0.3, 0.4) is 0 Å². The minimum absolute atomic E-state index is 0.00250. The zero-order chi connectivity index (χ0) is 23.4. The molecule has 4 aromatic rings. The quantitative estimate of drug-likeness (QED) is 0.292. The number of aromatic nitrogens is 4. The van der Waals surface area contributed by atoms with Crippen molar-refractivity contribution in [3.8, 4) is 0 Å². The van der Waals surface area contributed by atoms with E-state index in [4.69, 9.17) is 4.98 Å². The molecule has 0 unspecified atom stereocenters. The molecule has 0 radical (unpaired) electrons. The molecule has 7 nitrogen and oxygen atoms in total. The molecule has 3 heterocycles. The van der Waals surface area contributed by atoms with Gasteiger partial charge in [-0.1, -0.05) is 18.7 Å². The molecule has 3 aromatic heterocycles. The lowest BCUT2D eigenvalue weighted by atomic mass is 9.89. The Balaban J connectivity index is 1.28. The number of ketones is 1. The van der Waals surface area contributed by atoms with Gasteiger partial charge in [0.25, 0.3) is 0 Å². The van der Waals surface area contributed by atoms with E-state index >= 15 is 0 Å². The fraction of sp³-hybridized carbons (Fsp3) is 0.400. The van der Waals surface area contributed by atoms with Crippen LogP contribution in [0.1, 0.15) is 65.7 Å². The third kappa shape index (κ3) is 3.90. The highest BCUT2D eigenvalue weighted by molar-refractivity contribution is 7.99.